The smallest absolute Gasteiger partial charge is 0.279 e. The van der Waals surface area contributed by atoms with Crippen molar-refractivity contribution in [3.8, 4) is 11.4 Å². The van der Waals surface area contributed by atoms with E-state index in [2.05, 4.69) is 12.0 Å². The molecule has 6 nitrogen and oxygen atoms in total. The minimum atomic E-state index is -0.274. The summed E-state index contributed by atoms with van der Waals surface area (Å²) in [6.45, 7) is 3.63. The Balaban J connectivity index is 1.90. The van der Waals surface area contributed by atoms with Crippen molar-refractivity contribution in [2.24, 2.45) is 5.92 Å². The molecule has 0 saturated carbocycles. The lowest BCUT2D eigenvalue weighted by molar-refractivity contribution is 0.0691. The van der Waals surface area contributed by atoms with Crippen LogP contribution in [0.4, 0.5) is 0 Å². The van der Waals surface area contributed by atoms with Gasteiger partial charge in [-0.25, -0.2) is 0 Å². The van der Waals surface area contributed by atoms with E-state index in [1.165, 1.54) is 4.68 Å². The van der Waals surface area contributed by atoms with E-state index in [4.69, 9.17) is 4.74 Å². The summed E-state index contributed by atoms with van der Waals surface area (Å²) in [5.74, 6) is 1.01. The number of para-hydroxylation sites is 2. The Kier molecular flexibility index (Phi) is 4.86. The van der Waals surface area contributed by atoms with Gasteiger partial charge in [-0.2, -0.15) is 9.78 Å². The highest BCUT2D eigenvalue weighted by atomic mass is 16.5. The summed E-state index contributed by atoms with van der Waals surface area (Å²) in [6, 6.07) is 14.3. The summed E-state index contributed by atoms with van der Waals surface area (Å²) in [7, 11) is 1.55. The van der Waals surface area contributed by atoms with Crippen molar-refractivity contribution in [2.45, 2.75) is 19.8 Å². The van der Waals surface area contributed by atoms with Gasteiger partial charge in [-0.1, -0.05) is 37.3 Å². The van der Waals surface area contributed by atoms with Crippen LogP contribution in [-0.4, -0.2) is 40.8 Å². The third kappa shape index (κ3) is 3.15. The Morgan fingerprint density at radius 1 is 1.04 bits per heavy atom. The fourth-order valence-electron chi connectivity index (χ4n) is 3.68. The standard InChI is InChI=1S/C22H23N3O3/c1-15-11-13-24(14-12-15)22(27)20-16-7-3-4-8-17(16)21(26)25(23-20)18-9-5-6-10-19(18)28-2/h3-10,15H,11-14H2,1-2H3. The van der Waals surface area contributed by atoms with Crippen LogP contribution >= 0.6 is 0 Å². The van der Waals surface area contributed by atoms with Crippen LogP contribution in [-0.2, 0) is 0 Å². The molecular weight excluding hydrogens is 354 g/mol. The molecule has 1 saturated heterocycles. The summed E-state index contributed by atoms with van der Waals surface area (Å²) in [6.07, 6.45) is 1.96. The number of nitrogens with zero attached hydrogens (tertiary/aromatic N) is 3. The topological polar surface area (TPSA) is 64.4 Å². The second-order valence-corrected chi connectivity index (χ2v) is 7.26. The van der Waals surface area contributed by atoms with Gasteiger partial charge in [0.2, 0.25) is 0 Å². The van der Waals surface area contributed by atoms with Gasteiger partial charge in [0.25, 0.3) is 11.5 Å². The van der Waals surface area contributed by atoms with Gasteiger partial charge in [0.1, 0.15) is 11.4 Å². The van der Waals surface area contributed by atoms with Crippen LogP contribution in [0.2, 0.25) is 0 Å². The van der Waals surface area contributed by atoms with Crippen molar-refractivity contribution in [2.75, 3.05) is 20.2 Å². The zero-order valence-electron chi connectivity index (χ0n) is 16.1. The predicted molar refractivity (Wildman–Crippen MR) is 108 cm³/mol. The molecule has 6 heteroatoms. The number of benzene rings is 2. The van der Waals surface area contributed by atoms with E-state index >= 15 is 0 Å². The first-order valence-corrected chi connectivity index (χ1v) is 9.55. The molecule has 1 aliphatic rings. The maximum atomic E-state index is 13.3. The second-order valence-electron chi connectivity index (χ2n) is 7.26. The van der Waals surface area contributed by atoms with E-state index in [1.54, 1.807) is 37.4 Å². The highest BCUT2D eigenvalue weighted by Gasteiger charge is 2.26. The fourth-order valence-corrected chi connectivity index (χ4v) is 3.68. The lowest BCUT2D eigenvalue weighted by atomic mass is 9.99. The van der Waals surface area contributed by atoms with Gasteiger partial charge in [0.15, 0.2) is 5.69 Å². The normalized spacial score (nSPS) is 15.0. The Hall–Kier alpha value is -3.15. The number of ether oxygens (including phenoxy) is 1. The summed E-state index contributed by atoms with van der Waals surface area (Å²) in [4.78, 5) is 28.2. The molecule has 4 rings (SSSR count). The average Bonchev–Trinajstić information content (AvgIpc) is 2.74. The van der Waals surface area contributed by atoms with Crippen molar-refractivity contribution in [3.63, 3.8) is 0 Å². The Labute approximate surface area is 163 Å². The summed E-state index contributed by atoms with van der Waals surface area (Å²) in [5, 5.41) is 5.56. The molecule has 3 aromatic rings. The van der Waals surface area contributed by atoms with Gasteiger partial charge < -0.3 is 9.64 Å². The van der Waals surface area contributed by atoms with E-state index in [9.17, 15) is 9.59 Å². The maximum absolute atomic E-state index is 13.3. The van der Waals surface area contributed by atoms with E-state index in [0.29, 0.717) is 46.9 Å². The molecule has 0 unspecified atom stereocenters. The summed E-state index contributed by atoms with van der Waals surface area (Å²) >= 11 is 0. The Morgan fingerprint density at radius 3 is 2.39 bits per heavy atom. The Morgan fingerprint density at radius 2 is 1.68 bits per heavy atom. The quantitative estimate of drug-likeness (QED) is 0.703. The van der Waals surface area contributed by atoms with Gasteiger partial charge in [-0.15, -0.1) is 0 Å². The molecule has 0 N–H and O–H groups in total. The number of hydrogen-bond donors (Lipinski definition) is 0. The van der Waals surface area contributed by atoms with Crippen LogP contribution < -0.4 is 10.3 Å². The molecule has 0 spiro atoms. The molecule has 2 heterocycles. The number of amides is 1. The molecule has 0 aliphatic carbocycles. The molecule has 1 fully saturated rings. The van der Waals surface area contributed by atoms with Crippen molar-refractivity contribution in [1.29, 1.82) is 0 Å². The van der Waals surface area contributed by atoms with Gasteiger partial charge in [-0.05, 0) is 37.0 Å². The number of piperidine rings is 1. The van der Waals surface area contributed by atoms with Crippen molar-refractivity contribution in [1.82, 2.24) is 14.7 Å². The monoisotopic (exact) mass is 377 g/mol. The third-order valence-corrected chi connectivity index (χ3v) is 5.39. The van der Waals surface area contributed by atoms with E-state index < -0.39 is 0 Å². The molecule has 0 atom stereocenters. The number of rotatable bonds is 3. The lowest BCUT2D eigenvalue weighted by Gasteiger charge is -2.30. The first kappa shape index (κ1) is 18.2. The van der Waals surface area contributed by atoms with E-state index in [1.807, 2.05) is 23.1 Å². The molecular formula is C22H23N3O3. The highest BCUT2D eigenvalue weighted by Crippen LogP contribution is 2.24. The number of aromatic nitrogens is 2. The molecule has 1 aliphatic heterocycles. The van der Waals surface area contributed by atoms with Gasteiger partial charge in [0, 0.05) is 18.5 Å². The molecule has 144 valence electrons. The number of carbonyl (C=O) groups excluding carboxylic acids is 1. The van der Waals surface area contributed by atoms with Gasteiger partial charge in [0.05, 0.1) is 12.5 Å². The maximum Gasteiger partial charge on any atom is 0.279 e. The number of methoxy groups -OCH3 is 1. The molecule has 1 aromatic heterocycles. The van der Waals surface area contributed by atoms with Gasteiger partial charge in [-0.3, -0.25) is 9.59 Å². The molecule has 2 aromatic carbocycles. The zero-order valence-corrected chi connectivity index (χ0v) is 16.1. The average molecular weight is 377 g/mol. The van der Waals surface area contributed by atoms with Crippen LogP contribution in [0.1, 0.15) is 30.3 Å². The van der Waals surface area contributed by atoms with E-state index in [0.717, 1.165) is 12.8 Å². The largest absolute Gasteiger partial charge is 0.494 e. The SMILES string of the molecule is COc1ccccc1-n1nc(C(=O)N2CCC(C)CC2)c2ccccc2c1=O. The molecule has 0 radical (unpaired) electrons. The third-order valence-electron chi connectivity index (χ3n) is 5.39. The minimum Gasteiger partial charge on any atom is -0.494 e. The lowest BCUT2D eigenvalue weighted by Crippen LogP contribution is -2.39. The van der Waals surface area contributed by atoms with Crippen LogP contribution in [0.15, 0.2) is 53.3 Å². The van der Waals surface area contributed by atoms with Crippen molar-refractivity contribution in [3.05, 3.63) is 64.6 Å². The number of likely N-dealkylation sites (tertiary alicyclic amines) is 1. The number of fused-ring (bicyclic) bond motifs is 1. The molecule has 1 amide bonds. The number of carbonyl (C=O) groups is 1. The minimum absolute atomic E-state index is 0.133. The van der Waals surface area contributed by atoms with Crippen molar-refractivity contribution >= 4 is 16.7 Å². The predicted octanol–water partition coefficient (Wildman–Crippen LogP) is 3.27. The molecule has 0 bridgehead atoms. The van der Waals surface area contributed by atoms with Crippen LogP contribution in [0.3, 0.4) is 0 Å². The summed E-state index contributed by atoms with van der Waals surface area (Å²) < 4.78 is 6.68. The zero-order chi connectivity index (χ0) is 19.7. The van der Waals surface area contributed by atoms with Crippen LogP contribution in [0.5, 0.6) is 5.75 Å². The Bertz CT molecular complexity index is 1080. The highest BCUT2D eigenvalue weighted by molar-refractivity contribution is 6.04. The van der Waals surface area contributed by atoms with Gasteiger partial charge >= 0.3 is 0 Å². The number of hydrogen-bond acceptors (Lipinski definition) is 4. The molecule has 28 heavy (non-hydrogen) atoms. The first-order chi connectivity index (χ1) is 13.6. The fraction of sp³-hybridized carbons (Fsp3) is 0.318. The second kappa shape index (κ2) is 7.46. The van der Waals surface area contributed by atoms with Crippen LogP contribution in [0.25, 0.3) is 16.5 Å². The van der Waals surface area contributed by atoms with Crippen LogP contribution in [0, 0.1) is 5.92 Å². The first-order valence-electron chi connectivity index (χ1n) is 9.55. The van der Waals surface area contributed by atoms with E-state index in [-0.39, 0.29) is 11.5 Å². The summed E-state index contributed by atoms with van der Waals surface area (Å²) in [5.41, 5.74) is 0.543. The van der Waals surface area contributed by atoms with Crippen molar-refractivity contribution < 1.29 is 9.53 Å².